The van der Waals surface area contributed by atoms with E-state index in [0.29, 0.717) is 30.2 Å². The summed E-state index contributed by atoms with van der Waals surface area (Å²) < 4.78 is 47.2. The third kappa shape index (κ3) is 6.25. The lowest BCUT2D eigenvalue weighted by Crippen LogP contribution is -2.39. The highest BCUT2D eigenvalue weighted by molar-refractivity contribution is 6.03. The second kappa shape index (κ2) is 11.3. The first-order chi connectivity index (χ1) is 18.3. The van der Waals surface area contributed by atoms with Crippen molar-refractivity contribution in [3.63, 3.8) is 0 Å². The van der Waals surface area contributed by atoms with Gasteiger partial charge in [-0.15, -0.1) is 0 Å². The second-order valence-electron chi connectivity index (χ2n) is 9.96. The van der Waals surface area contributed by atoms with Crippen LogP contribution in [0.1, 0.15) is 59.0 Å². The highest BCUT2D eigenvalue weighted by Gasteiger charge is 2.36. The normalized spacial score (nSPS) is 17.4. The van der Waals surface area contributed by atoms with E-state index in [9.17, 15) is 18.0 Å². The van der Waals surface area contributed by atoms with Crippen molar-refractivity contribution in [2.75, 3.05) is 31.6 Å². The standard InChI is InChI=1S/C28H32F3N5O2/c29-28(30,31)26-17-25(36(34-26)23-6-1-3-20(15-23)18-32)27(37)33-22-5-2-4-21(16-22)24(10-9-19-7-8-19)35-11-13-38-14-12-35/h1-6,15-17,19,24H,7-14,18,32H2,(H,33,37). The lowest BCUT2D eigenvalue weighted by molar-refractivity contribution is -0.141. The van der Waals surface area contributed by atoms with Crippen LogP contribution in [0.15, 0.2) is 54.6 Å². The van der Waals surface area contributed by atoms with Crippen LogP contribution < -0.4 is 11.1 Å². The number of hydrogen-bond donors (Lipinski definition) is 2. The lowest BCUT2D eigenvalue weighted by atomic mass is 9.97. The van der Waals surface area contributed by atoms with E-state index in [1.165, 1.54) is 12.8 Å². The van der Waals surface area contributed by atoms with E-state index in [1.807, 2.05) is 18.2 Å². The first kappa shape index (κ1) is 26.4. The van der Waals surface area contributed by atoms with Crippen LogP contribution in [0.3, 0.4) is 0 Å². The van der Waals surface area contributed by atoms with Crippen LogP contribution in [0.2, 0.25) is 0 Å². The van der Waals surface area contributed by atoms with Crippen LogP contribution in [0.5, 0.6) is 0 Å². The number of rotatable bonds is 9. The number of aromatic nitrogens is 2. The number of benzene rings is 2. The summed E-state index contributed by atoms with van der Waals surface area (Å²) in [5.74, 6) is 0.117. The number of carbonyl (C=O) groups excluding carboxylic acids is 1. The van der Waals surface area contributed by atoms with Gasteiger partial charge in [0.15, 0.2) is 5.69 Å². The van der Waals surface area contributed by atoms with Crippen LogP contribution in [-0.4, -0.2) is 46.9 Å². The number of nitrogens with one attached hydrogen (secondary N) is 1. The van der Waals surface area contributed by atoms with Crippen molar-refractivity contribution in [2.45, 2.75) is 44.4 Å². The highest BCUT2D eigenvalue weighted by Crippen LogP contribution is 2.38. The minimum atomic E-state index is -4.70. The molecule has 3 N–H and O–H groups in total. The zero-order valence-electron chi connectivity index (χ0n) is 21.1. The molecule has 1 unspecified atom stereocenters. The molecule has 2 aromatic carbocycles. The maximum Gasteiger partial charge on any atom is 0.435 e. The Balaban J connectivity index is 1.41. The molecule has 38 heavy (non-hydrogen) atoms. The maximum atomic E-state index is 13.5. The Bertz CT molecular complexity index is 1270. The molecule has 5 rings (SSSR count). The monoisotopic (exact) mass is 527 g/mol. The van der Waals surface area contributed by atoms with Crippen molar-refractivity contribution in [1.82, 2.24) is 14.7 Å². The summed E-state index contributed by atoms with van der Waals surface area (Å²) in [6.45, 7) is 3.27. The van der Waals surface area contributed by atoms with E-state index < -0.39 is 17.8 Å². The average molecular weight is 528 g/mol. The average Bonchev–Trinajstić information content (AvgIpc) is 3.63. The van der Waals surface area contributed by atoms with Gasteiger partial charge in [-0.25, -0.2) is 4.68 Å². The fourth-order valence-corrected chi connectivity index (χ4v) is 4.96. The smallest absolute Gasteiger partial charge is 0.379 e. The van der Waals surface area contributed by atoms with Gasteiger partial charge in [0.1, 0.15) is 5.69 Å². The number of ether oxygens (including phenoxy) is 1. The van der Waals surface area contributed by atoms with Crippen LogP contribution in [0.25, 0.3) is 5.69 Å². The third-order valence-electron chi connectivity index (χ3n) is 7.18. The number of morpholine rings is 1. The van der Waals surface area contributed by atoms with Gasteiger partial charge >= 0.3 is 6.18 Å². The molecule has 202 valence electrons. The van der Waals surface area contributed by atoms with Crippen molar-refractivity contribution >= 4 is 11.6 Å². The van der Waals surface area contributed by atoms with Gasteiger partial charge in [-0.05, 0) is 54.2 Å². The van der Waals surface area contributed by atoms with Gasteiger partial charge in [0.05, 0.1) is 18.9 Å². The Morgan fingerprint density at radius 1 is 1.11 bits per heavy atom. The van der Waals surface area contributed by atoms with Crippen molar-refractivity contribution in [1.29, 1.82) is 0 Å². The Morgan fingerprint density at radius 2 is 1.87 bits per heavy atom. The number of alkyl halides is 3. The molecule has 1 aliphatic carbocycles. The predicted octanol–water partition coefficient (Wildman–Crippen LogP) is 5.17. The van der Waals surface area contributed by atoms with Gasteiger partial charge in [-0.3, -0.25) is 9.69 Å². The van der Waals surface area contributed by atoms with Crippen LogP contribution >= 0.6 is 0 Å². The maximum absolute atomic E-state index is 13.5. The zero-order valence-corrected chi connectivity index (χ0v) is 21.1. The van der Waals surface area contributed by atoms with E-state index in [2.05, 4.69) is 15.3 Å². The molecule has 7 nitrogen and oxygen atoms in total. The largest absolute Gasteiger partial charge is 0.435 e. The molecule has 2 aliphatic rings. The topological polar surface area (TPSA) is 85.4 Å². The Hall–Kier alpha value is -3.21. The molecular formula is C28H32F3N5O2. The quantitative estimate of drug-likeness (QED) is 0.401. The summed E-state index contributed by atoms with van der Waals surface area (Å²) >= 11 is 0. The molecule has 1 aromatic heterocycles. The predicted molar refractivity (Wildman–Crippen MR) is 138 cm³/mol. The van der Waals surface area contributed by atoms with E-state index in [4.69, 9.17) is 10.5 Å². The Morgan fingerprint density at radius 3 is 2.58 bits per heavy atom. The van der Waals surface area contributed by atoms with Gasteiger partial charge in [0.25, 0.3) is 5.91 Å². The van der Waals surface area contributed by atoms with Crippen LogP contribution in [0.4, 0.5) is 18.9 Å². The summed E-state index contributed by atoms with van der Waals surface area (Å²) in [6, 6.07) is 15.2. The summed E-state index contributed by atoms with van der Waals surface area (Å²) in [5, 5.41) is 6.52. The molecule has 1 saturated carbocycles. The molecule has 1 aliphatic heterocycles. The van der Waals surface area contributed by atoms with E-state index >= 15 is 0 Å². The molecule has 2 heterocycles. The van der Waals surface area contributed by atoms with Gasteiger partial charge in [-0.1, -0.05) is 37.1 Å². The SMILES string of the molecule is NCc1cccc(-n2nc(C(F)(F)F)cc2C(=O)Nc2cccc(C(CCC3CC3)N3CCOCC3)c2)c1. The fraction of sp³-hybridized carbons (Fsp3) is 0.429. The number of amides is 1. The minimum absolute atomic E-state index is 0.192. The number of anilines is 1. The number of nitrogens with two attached hydrogens (primary N) is 1. The highest BCUT2D eigenvalue weighted by atomic mass is 19.4. The first-order valence-electron chi connectivity index (χ1n) is 13.0. The molecule has 0 bridgehead atoms. The molecule has 1 saturated heterocycles. The van der Waals surface area contributed by atoms with E-state index in [1.54, 1.807) is 30.3 Å². The van der Waals surface area contributed by atoms with Crippen LogP contribution in [-0.2, 0) is 17.5 Å². The summed E-state index contributed by atoms with van der Waals surface area (Å²) in [6.07, 6.45) is 0.0428. The van der Waals surface area contributed by atoms with Crippen molar-refractivity contribution in [3.05, 3.63) is 77.1 Å². The van der Waals surface area contributed by atoms with Gasteiger partial charge in [0.2, 0.25) is 0 Å². The van der Waals surface area contributed by atoms with Crippen molar-refractivity contribution < 1.29 is 22.7 Å². The summed E-state index contributed by atoms with van der Waals surface area (Å²) in [7, 11) is 0. The fourth-order valence-electron chi connectivity index (χ4n) is 4.96. The van der Waals surface area contributed by atoms with Crippen LogP contribution in [0, 0.1) is 5.92 Å². The van der Waals surface area contributed by atoms with Crippen molar-refractivity contribution in [3.8, 4) is 5.69 Å². The third-order valence-corrected chi connectivity index (χ3v) is 7.18. The Labute approximate surface area is 219 Å². The van der Waals surface area contributed by atoms with Gasteiger partial charge < -0.3 is 15.8 Å². The second-order valence-corrected chi connectivity index (χ2v) is 9.96. The molecule has 3 aromatic rings. The lowest BCUT2D eigenvalue weighted by Gasteiger charge is -2.35. The van der Waals surface area contributed by atoms with Gasteiger partial charge in [0, 0.05) is 37.4 Å². The Kier molecular flexibility index (Phi) is 7.83. The minimum Gasteiger partial charge on any atom is -0.379 e. The van der Waals surface area contributed by atoms with Crippen molar-refractivity contribution in [2.24, 2.45) is 11.7 Å². The summed E-state index contributed by atoms with van der Waals surface area (Å²) in [4.78, 5) is 15.7. The first-order valence-corrected chi connectivity index (χ1v) is 13.0. The molecule has 0 spiro atoms. The molecule has 0 radical (unpaired) electrons. The molecule has 2 fully saturated rings. The van der Waals surface area contributed by atoms with E-state index in [0.717, 1.165) is 48.2 Å². The molecule has 1 atom stereocenters. The number of hydrogen-bond acceptors (Lipinski definition) is 5. The number of nitrogens with zero attached hydrogens (tertiary/aromatic N) is 3. The van der Waals surface area contributed by atoms with E-state index in [-0.39, 0.29) is 18.3 Å². The molecule has 10 heteroatoms. The number of carbonyl (C=O) groups is 1. The molecule has 1 amide bonds. The molecular weight excluding hydrogens is 495 g/mol. The summed E-state index contributed by atoms with van der Waals surface area (Å²) in [5.41, 5.74) is 7.00. The van der Waals surface area contributed by atoms with Gasteiger partial charge in [-0.2, -0.15) is 18.3 Å². The number of halogens is 3. The zero-order chi connectivity index (χ0) is 26.7.